The predicted molar refractivity (Wildman–Crippen MR) is 124 cm³/mol. The highest BCUT2D eigenvalue weighted by Gasteiger charge is 2.28. The van der Waals surface area contributed by atoms with E-state index in [2.05, 4.69) is 16.2 Å². The summed E-state index contributed by atoms with van der Waals surface area (Å²) in [6.45, 7) is 4.08. The molecule has 4 rings (SSSR count). The third-order valence-electron chi connectivity index (χ3n) is 5.66. The van der Waals surface area contributed by atoms with Crippen LogP contribution in [-0.2, 0) is 13.0 Å². The number of pyridine rings is 1. The summed E-state index contributed by atoms with van der Waals surface area (Å²) < 4.78 is 15.6. The van der Waals surface area contributed by atoms with Crippen LogP contribution >= 0.6 is 0 Å². The Morgan fingerprint density at radius 3 is 2.38 bits per heavy atom. The third kappa shape index (κ3) is 3.86. The molecule has 2 heterocycles. The maximum atomic E-state index is 13.9. The van der Waals surface area contributed by atoms with Crippen LogP contribution in [0.25, 0.3) is 22.0 Å². The summed E-state index contributed by atoms with van der Waals surface area (Å²) in [7, 11) is 0. The number of carbonyl (C=O) groups is 2. The molecule has 0 bridgehead atoms. The summed E-state index contributed by atoms with van der Waals surface area (Å²) in [5.41, 5.74) is 14.9. The van der Waals surface area contributed by atoms with Crippen LogP contribution in [0.15, 0.2) is 42.5 Å². The highest BCUT2D eigenvalue weighted by Crippen LogP contribution is 2.37. The number of aromatic nitrogens is 3. The molecule has 8 nitrogen and oxygen atoms in total. The van der Waals surface area contributed by atoms with Gasteiger partial charge in [-0.05, 0) is 43.2 Å². The Morgan fingerprint density at radius 2 is 1.79 bits per heavy atom. The minimum absolute atomic E-state index is 0.0366. The number of aryl methyl sites for hydroxylation is 1. The molecule has 170 valence electrons. The number of rotatable bonds is 6. The van der Waals surface area contributed by atoms with Crippen molar-refractivity contribution in [1.29, 1.82) is 5.26 Å². The minimum atomic E-state index is -0.870. The van der Waals surface area contributed by atoms with Crippen molar-refractivity contribution in [2.75, 3.05) is 0 Å². The molecule has 0 unspecified atom stereocenters. The average Bonchev–Trinajstić information content (AvgIpc) is 3.12. The van der Waals surface area contributed by atoms with E-state index in [1.54, 1.807) is 23.7 Å². The molecule has 0 saturated heterocycles. The number of nitrogens with zero attached hydrogens (tertiary/aromatic N) is 4. The topological polar surface area (TPSA) is 141 Å². The predicted octanol–water partition coefficient (Wildman–Crippen LogP) is 3.23. The Morgan fingerprint density at radius 1 is 1.09 bits per heavy atom. The fourth-order valence-electron chi connectivity index (χ4n) is 4.22. The fourth-order valence-corrected chi connectivity index (χ4v) is 4.22. The molecule has 0 atom stereocenters. The fraction of sp³-hybridized carbons (Fsp3) is 0.160. The van der Waals surface area contributed by atoms with Crippen LogP contribution in [0.5, 0.6) is 0 Å². The second-order valence-corrected chi connectivity index (χ2v) is 7.83. The van der Waals surface area contributed by atoms with Gasteiger partial charge in [-0.15, -0.1) is 0 Å². The number of primary amides is 2. The number of carbonyl (C=O) groups excluding carboxylic acids is 2. The number of nitrogens with two attached hydrogens (primary N) is 2. The van der Waals surface area contributed by atoms with Crippen molar-refractivity contribution < 1.29 is 14.0 Å². The monoisotopic (exact) mass is 456 g/mol. The zero-order valence-corrected chi connectivity index (χ0v) is 18.6. The molecule has 0 aliphatic rings. The van der Waals surface area contributed by atoms with Gasteiger partial charge < -0.3 is 11.5 Å². The van der Waals surface area contributed by atoms with Crippen LogP contribution in [0.4, 0.5) is 4.39 Å². The Balaban J connectivity index is 2.00. The van der Waals surface area contributed by atoms with Crippen LogP contribution < -0.4 is 11.5 Å². The maximum Gasteiger partial charge on any atom is 0.267 e. The van der Waals surface area contributed by atoms with Gasteiger partial charge in [-0.3, -0.25) is 14.3 Å². The van der Waals surface area contributed by atoms with Crippen molar-refractivity contribution in [1.82, 2.24) is 14.8 Å². The van der Waals surface area contributed by atoms with Crippen molar-refractivity contribution in [3.05, 3.63) is 82.1 Å². The molecule has 0 aliphatic heterocycles. The lowest BCUT2D eigenvalue weighted by molar-refractivity contribution is 0.0996. The molecule has 0 saturated carbocycles. The molecule has 0 aliphatic carbocycles. The van der Waals surface area contributed by atoms with E-state index in [9.17, 15) is 14.0 Å². The van der Waals surface area contributed by atoms with Gasteiger partial charge in [0, 0.05) is 28.3 Å². The smallest absolute Gasteiger partial charge is 0.267 e. The van der Waals surface area contributed by atoms with Crippen molar-refractivity contribution in [3.8, 4) is 17.2 Å². The molecule has 0 spiro atoms. The molecule has 9 heteroatoms. The van der Waals surface area contributed by atoms with E-state index >= 15 is 0 Å². The molecule has 4 N–H and O–H groups in total. The first-order valence-corrected chi connectivity index (χ1v) is 10.5. The van der Waals surface area contributed by atoms with E-state index in [4.69, 9.17) is 16.7 Å². The molecule has 0 radical (unpaired) electrons. The average molecular weight is 456 g/mol. The highest BCUT2D eigenvalue weighted by atomic mass is 19.1. The second-order valence-electron chi connectivity index (χ2n) is 7.83. The number of benzene rings is 2. The summed E-state index contributed by atoms with van der Waals surface area (Å²) in [6, 6.07) is 12.9. The van der Waals surface area contributed by atoms with Crippen LogP contribution in [0, 0.1) is 24.1 Å². The summed E-state index contributed by atoms with van der Waals surface area (Å²) in [6.07, 6.45) is 0.518. The zero-order valence-electron chi connectivity index (χ0n) is 18.6. The lowest BCUT2D eigenvalue weighted by atomic mass is 9.91. The number of halogens is 1. The van der Waals surface area contributed by atoms with Crippen LogP contribution in [0.3, 0.4) is 0 Å². The third-order valence-corrected chi connectivity index (χ3v) is 5.66. The van der Waals surface area contributed by atoms with Crippen LogP contribution in [0.2, 0.25) is 0 Å². The SMILES string of the molecule is CCc1c(-c2c(C(N)=O)nc3cc(F)ccc3c2C(N)=O)c(C)nn1Cc1ccc(C#N)cc1. The maximum absolute atomic E-state index is 13.9. The van der Waals surface area contributed by atoms with Crippen LogP contribution in [-0.4, -0.2) is 26.6 Å². The molecular formula is C25H21FN6O2. The minimum Gasteiger partial charge on any atom is -0.366 e. The Hall–Kier alpha value is -4.58. The van der Waals surface area contributed by atoms with E-state index in [1.165, 1.54) is 12.1 Å². The Kier molecular flexibility index (Phi) is 5.82. The first-order chi connectivity index (χ1) is 16.2. The van der Waals surface area contributed by atoms with Crippen molar-refractivity contribution in [3.63, 3.8) is 0 Å². The number of hydrogen-bond acceptors (Lipinski definition) is 5. The first-order valence-electron chi connectivity index (χ1n) is 10.5. The van der Waals surface area contributed by atoms with E-state index in [0.29, 0.717) is 35.2 Å². The van der Waals surface area contributed by atoms with E-state index in [0.717, 1.165) is 17.3 Å². The molecule has 2 aromatic heterocycles. The zero-order chi connectivity index (χ0) is 24.6. The van der Waals surface area contributed by atoms with Gasteiger partial charge in [0.15, 0.2) is 0 Å². The van der Waals surface area contributed by atoms with Gasteiger partial charge in [-0.2, -0.15) is 10.4 Å². The second kappa shape index (κ2) is 8.75. The molecule has 2 aromatic carbocycles. The lowest BCUT2D eigenvalue weighted by Gasteiger charge is -2.15. The van der Waals surface area contributed by atoms with E-state index in [1.807, 2.05) is 19.1 Å². The Labute approximate surface area is 194 Å². The van der Waals surface area contributed by atoms with Gasteiger partial charge in [0.05, 0.1) is 35.0 Å². The van der Waals surface area contributed by atoms with Gasteiger partial charge in [-0.1, -0.05) is 19.1 Å². The molecular weight excluding hydrogens is 435 g/mol. The first kappa shape index (κ1) is 22.6. The highest BCUT2D eigenvalue weighted by molar-refractivity contribution is 6.15. The standard InChI is InChI=1S/C25H21FN6O2/c1-3-19-20(13(2)31-32(19)12-15-6-4-14(11-27)5-7-15)22-21(24(28)33)17-9-8-16(26)10-18(17)30-23(22)25(29)34/h4-10H,3,12H2,1-2H3,(H2,28,33)(H2,29,34). The molecule has 0 fully saturated rings. The van der Waals surface area contributed by atoms with Gasteiger partial charge in [-0.25, -0.2) is 9.37 Å². The normalized spacial score (nSPS) is 10.9. The Bertz CT molecular complexity index is 1500. The molecule has 4 aromatic rings. The van der Waals surface area contributed by atoms with Gasteiger partial charge >= 0.3 is 0 Å². The van der Waals surface area contributed by atoms with Gasteiger partial charge in [0.1, 0.15) is 11.5 Å². The van der Waals surface area contributed by atoms with Gasteiger partial charge in [0.2, 0.25) is 5.91 Å². The number of fused-ring (bicyclic) bond motifs is 1. The summed E-state index contributed by atoms with van der Waals surface area (Å²) >= 11 is 0. The summed E-state index contributed by atoms with van der Waals surface area (Å²) in [5, 5.41) is 14.0. The number of nitriles is 1. The summed E-state index contributed by atoms with van der Waals surface area (Å²) in [4.78, 5) is 29.4. The quantitative estimate of drug-likeness (QED) is 0.458. The van der Waals surface area contributed by atoms with E-state index < -0.39 is 17.6 Å². The van der Waals surface area contributed by atoms with Gasteiger partial charge in [0.25, 0.3) is 5.91 Å². The number of hydrogen-bond donors (Lipinski definition) is 2. The number of amides is 2. The lowest BCUT2D eigenvalue weighted by Crippen LogP contribution is -2.21. The molecule has 34 heavy (non-hydrogen) atoms. The van der Waals surface area contributed by atoms with Crippen LogP contribution in [0.1, 0.15) is 50.3 Å². The molecule has 2 amide bonds. The van der Waals surface area contributed by atoms with Crippen molar-refractivity contribution in [2.45, 2.75) is 26.8 Å². The van der Waals surface area contributed by atoms with E-state index in [-0.39, 0.29) is 22.3 Å². The van der Waals surface area contributed by atoms with Crippen molar-refractivity contribution in [2.24, 2.45) is 11.5 Å². The van der Waals surface area contributed by atoms with Crippen molar-refractivity contribution >= 4 is 22.7 Å². The largest absolute Gasteiger partial charge is 0.366 e. The summed E-state index contributed by atoms with van der Waals surface area (Å²) in [5.74, 6) is -2.23.